The molecule has 2 heterocycles. The number of nitrogens with zero attached hydrogens (tertiary/aromatic N) is 2. The second kappa shape index (κ2) is 6.63. The third-order valence-corrected chi connectivity index (χ3v) is 5.62. The topological polar surface area (TPSA) is 87.2 Å². The molecule has 2 atom stereocenters. The van der Waals surface area contributed by atoms with Crippen molar-refractivity contribution in [3.63, 3.8) is 0 Å². The van der Waals surface area contributed by atoms with Crippen LogP contribution in [-0.2, 0) is 14.4 Å². The van der Waals surface area contributed by atoms with Crippen molar-refractivity contribution in [3.05, 3.63) is 24.3 Å². The number of fused-ring (bicyclic) bond motifs is 1. The summed E-state index contributed by atoms with van der Waals surface area (Å²) in [6.07, 6.45) is 2.31. The van der Waals surface area contributed by atoms with Crippen LogP contribution < -0.4 is 9.64 Å². The molecular weight excluding hydrogens is 336 g/mol. The maximum atomic E-state index is 12.6. The number of hydrogen-bond acceptors (Lipinski definition) is 4. The molecule has 7 nitrogen and oxygen atoms in total. The van der Waals surface area contributed by atoms with E-state index in [1.165, 1.54) is 0 Å². The monoisotopic (exact) mass is 358 g/mol. The maximum Gasteiger partial charge on any atom is 0.308 e. The summed E-state index contributed by atoms with van der Waals surface area (Å²) in [6.45, 7) is 1.05. The van der Waals surface area contributed by atoms with Gasteiger partial charge >= 0.3 is 5.97 Å². The summed E-state index contributed by atoms with van der Waals surface area (Å²) in [6, 6.07) is 7.27. The lowest BCUT2D eigenvalue weighted by atomic mass is 9.92. The zero-order valence-electron chi connectivity index (χ0n) is 14.5. The number of benzene rings is 1. The van der Waals surface area contributed by atoms with E-state index in [4.69, 9.17) is 4.74 Å². The first kappa shape index (κ1) is 16.9. The molecule has 7 heteroatoms. The molecule has 4 rings (SSSR count). The Kier molecular flexibility index (Phi) is 4.30. The Morgan fingerprint density at radius 3 is 2.69 bits per heavy atom. The van der Waals surface area contributed by atoms with E-state index in [0.29, 0.717) is 23.9 Å². The Morgan fingerprint density at radius 2 is 1.96 bits per heavy atom. The molecule has 0 radical (unpaired) electrons. The standard InChI is InChI=1S/C19H22N2O5/c22-17(20-9-13(12-5-6-12)14(10-20)19(24)25)7-8-21-15-3-1-2-4-16(15)26-11-18(21)23/h1-4,12-14H,5-11H2,(H,24,25)/t13-,14+/m0/s1. The van der Waals surface area contributed by atoms with Gasteiger partial charge in [0.25, 0.3) is 5.91 Å². The van der Waals surface area contributed by atoms with Crippen molar-refractivity contribution >= 4 is 23.5 Å². The molecule has 0 bridgehead atoms. The highest BCUT2D eigenvalue weighted by Gasteiger charge is 2.46. The number of likely N-dealkylation sites (tertiary alicyclic amines) is 1. The molecule has 26 heavy (non-hydrogen) atoms. The quantitative estimate of drug-likeness (QED) is 0.859. The first-order valence-corrected chi connectivity index (χ1v) is 9.07. The Balaban J connectivity index is 1.40. The molecule has 1 aliphatic carbocycles. The predicted octanol–water partition coefficient (Wildman–Crippen LogP) is 1.37. The molecule has 1 aromatic rings. The Labute approximate surface area is 151 Å². The van der Waals surface area contributed by atoms with E-state index in [1.54, 1.807) is 21.9 Å². The molecular formula is C19H22N2O5. The minimum Gasteiger partial charge on any atom is -0.482 e. The third-order valence-electron chi connectivity index (χ3n) is 5.62. The smallest absolute Gasteiger partial charge is 0.308 e. The molecule has 1 N–H and O–H groups in total. The van der Waals surface area contributed by atoms with Crippen LogP contribution in [0.1, 0.15) is 19.3 Å². The van der Waals surface area contributed by atoms with E-state index >= 15 is 0 Å². The average Bonchev–Trinajstić information content (AvgIpc) is 3.38. The van der Waals surface area contributed by atoms with E-state index in [2.05, 4.69) is 0 Å². The number of para-hydroxylation sites is 2. The second-order valence-corrected chi connectivity index (χ2v) is 7.30. The lowest BCUT2D eigenvalue weighted by Crippen LogP contribution is -2.41. The fourth-order valence-electron chi connectivity index (χ4n) is 4.06. The second-order valence-electron chi connectivity index (χ2n) is 7.30. The van der Waals surface area contributed by atoms with Gasteiger partial charge in [0, 0.05) is 26.1 Å². The van der Waals surface area contributed by atoms with Crippen LogP contribution in [-0.4, -0.2) is 54.0 Å². The Morgan fingerprint density at radius 1 is 1.19 bits per heavy atom. The molecule has 2 aliphatic heterocycles. The fourth-order valence-corrected chi connectivity index (χ4v) is 4.06. The molecule has 138 valence electrons. The number of carbonyl (C=O) groups is 3. The summed E-state index contributed by atoms with van der Waals surface area (Å²) in [5.41, 5.74) is 0.678. The van der Waals surface area contributed by atoms with Gasteiger partial charge in [-0.05, 0) is 36.8 Å². The van der Waals surface area contributed by atoms with Crippen LogP contribution in [0.3, 0.4) is 0 Å². The summed E-state index contributed by atoms with van der Waals surface area (Å²) < 4.78 is 5.41. The average molecular weight is 358 g/mol. The SMILES string of the molecule is O=C(O)[C@@H]1CN(C(=O)CCN2C(=O)COc3ccccc32)C[C@H]1C1CC1. The molecule has 0 aromatic heterocycles. The van der Waals surface area contributed by atoms with Gasteiger partial charge in [0.05, 0.1) is 11.6 Å². The van der Waals surface area contributed by atoms with Crippen molar-refractivity contribution in [2.24, 2.45) is 17.8 Å². The van der Waals surface area contributed by atoms with E-state index < -0.39 is 11.9 Å². The van der Waals surface area contributed by atoms with Crippen LogP contribution >= 0.6 is 0 Å². The van der Waals surface area contributed by atoms with Crippen LogP contribution in [0.25, 0.3) is 0 Å². The normalized spacial score (nSPS) is 25.0. The van der Waals surface area contributed by atoms with Gasteiger partial charge in [0.2, 0.25) is 5.91 Å². The number of amides is 2. The molecule has 1 saturated heterocycles. The summed E-state index contributed by atoms with van der Waals surface area (Å²) in [5.74, 6) is -0.371. The van der Waals surface area contributed by atoms with Crippen LogP contribution in [0.4, 0.5) is 5.69 Å². The first-order valence-electron chi connectivity index (χ1n) is 9.07. The number of carboxylic acid groups (broad SMARTS) is 1. The van der Waals surface area contributed by atoms with Gasteiger partial charge in [-0.1, -0.05) is 12.1 Å². The van der Waals surface area contributed by atoms with Gasteiger partial charge in [-0.3, -0.25) is 14.4 Å². The molecule has 2 amide bonds. The van der Waals surface area contributed by atoms with E-state index in [0.717, 1.165) is 12.8 Å². The molecule has 2 fully saturated rings. The predicted molar refractivity (Wildman–Crippen MR) is 92.8 cm³/mol. The first-order chi connectivity index (χ1) is 12.5. The molecule has 3 aliphatic rings. The van der Waals surface area contributed by atoms with Gasteiger partial charge in [0.15, 0.2) is 6.61 Å². The van der Waals surface area contributed by atoms with Crippen molar-refractivity contribution < 1.29 is 24.2 Å². The van der Waals surface area contributed by atoms with Gasteiger partial charge < -0.3 is 19.6 Å². The Bertz CT molecular complexity index is 745. The lowest BCUT2D eigenvalue weighted by molar-refractivity contribution is -0.142. The van der Waals surface area contributed by atoms with Crippen LogP contribution in [0.2, 0.25) is 0 Å². The highest BCUT2D eigenvalue weighted by Crippen LogP contribution is 2.44. The highest BCUT2D eigenvalue weighted by atomic mass is 16.5. The number of carbonyl (C=O) groups excluding carboxylic acids is 2. The van der Waals surface area contributed by atoms with Gasteiger partial charge in [-0.15, -0.1) is 0 Å². The van der Waals surface area contributed by atoms with Crippen LogP contribution in [0, 0.1) is 17.8 Å². The zero-order valence-corrected chi connectivity index (χ0v) is 14.5. The lowest BCUT2D eigenvalue weighted by Gasteiger charge is -2.29. The van der Waals surface area contributed by atoms with Crippen LogP contribution in [0.15, 0.2) is 24.3 Å². The van der Waals surface area contributed by atoms with Crippen LogP contribution in [0.5, 0.6) is 5.75 Å². The highest BCUT2D eigenvalue weighted by molar-refractivity contribution is 5.98. The number of rotatable bonds is 5. The van der Waals surface area contributed by atoms with Gasteiger partial charge in [-0.2, -0.15) is 0 Å². The van der Waals surface area contributed by atoms with Crippen molar-refractivity contribution in [2.45, 2.75) is 19.3 Å². The molecule has 1 saturated carbocycles. The fraction of sp³-hybridized carbons (Fsp3) is 0.526. The number of ether oxygens (including phenoxy) is 1. The summed E-state index contributed by atoms with van der Waals surface area (Å²) >= 11 is 0. The number of hydrogen-bond donors (Lipinski definition) is 1. The maximum absolute atomic E-state index is 12.6. The van der Waals surface area contributed by atoms with Crippen molar-refractivity contribution in [2.75, 3.05) is 31.1 Å². The minimum absolute atomic E-state index is 0.0280. The minimum atomic E-state index is -0.811. The summed E-state index contributed by atoms with van der Waals surface area (Å²) in [5, 5.41) is 9.43. The summed E-state index contributed by atoms with van der Waals surface area (Å²) in [4.78, 5) is 39.5. The van der Waals surface area contributed by atoms with E-state index in [-0.39, 0.29) is 43.8 Å². The molecule has 0 spiro atoms. The van der Waals surface area contributed by atoms with Gasteiger partial charge in [0.1, 0.15) is 5.75 Å². The van der Waals surface area contributed by atoms with E-state index in [1.807, 2.05) is 12.1 Å². The molecule has 1 aromatic carbocycles. The Hall–Kier alpha value is -2.57. The third kappa shape index (κ3) is 3.13. The number of anilines is 1. The van der Waals surface area contributed by atoms with Gasteiger partial charge in [-0.25, -0.2) is 0 Å². The number of aliphatic carboxylic acids is 1. The van der Waals surface area contributed by atoms with Crippen molar-refractivity contribution in [1.82, 2.24) is 4.90 Å². The summed E-state index contributed by atoms with van der Waals surface area (Å²) in [7, 11) is 0. The zero-order chi connectivity index (χ0) is 18.3. The number of carboxylic acids is 1. The largest absolute Gasteiger partial charge is 0.482 e. The molecule has 0 unspecified atom stereocenters. The van der Waals surface area contributed by atoms with E-state index in [9.17, 15) is 19.5 Å². The van der Waals surface area contributed by atoms with Crippen molar-refractivity contribution in [1.29, 1.82) is 0 Å². The van der Waals surface area contributed by atoms with Crippen molar-refractivity contribution in [3.8, 4) is 5.75 Å².